The van der Waals surface area contributed by atoms with E-state index in [0.717, 1.165) is 6.42 Å². The molecule has 0 radical (unpaired) electrons. The SMILES string of the molecule is C=C(C)[C@H]1C[C@@H](COC=O)C1(C)C. The monoisotopic (exact) mass is 182 g/mol. The van der Waals surface area contributed by atoms with Gasteiger partial charge in [-0.25, -0.2) is 0 Å². The van der Waals surface area contributed by atoms with Crippen LogP contribution < -0.4 is 0 Å². The minimum absolute atomic E-state index is 0.245. The van der Waals surface area contributed by atoms with Crippen LogP contribution in [0.4, 0.5) is 0 Å². The summed E-state index contributed by atoms with van der Waals surface area (Å²) in [5, 5.41) is 0. The molecule has 0 spiro atoms. The first-order valence-corrected chi connectivity index (χ1v) is 4.70. The van der Waals surface area contributed by atoms with Crippen LogP contribution in [-0.2, 0) is 9.53 Å². The molecule has 1 fully saturated rings. The van der Waals surface area contributed by atoms with Crippen molar-refractivity contribution in [1.82, 2.24) is 0 Å². The molecule has 13 heavy (non-hydrogen) atoms. The summed E-state index contributed by atoms with van der Waals surface area (Å²) in [7, 11) is 0. The molecule has 0 bridgehead atoms. The van der Waals surface area contributed by atoms with E-state index >= 15 is 0 Å². The predicted molar refractivity (Wildman–Crippen MR) is 52.2 cm³/mol. The van der Waals surface area contributed by atoms with Crippen molar-refractivity contribution in [3.63, 3.8) is 0 Å². The Balaban J connectivity index is 2.48. The summed E-state index contributed by atoms with van der Waals surface area (Å²) >= 11 is 0. The highest BCUT2D eigenvalue weighted by atomic mass is 16.5. The summed E-state index contributed by atoms with van der Waals surface area (Å²) < 4.78 is 4.79. The molecule has 0 saturated heterocycles. The number of carbonyl (C=O) groups excluding carboxylic acids is 1. The molecule has 0 aromatic rings. The van der Waals surface area contributed by atoms with E-state index in [1.165, 1.54) is 5.57 Å². The Kier molecular flexibility index (Phi) is 2.79. The van der Waals surface area contributed by atoms with E-state index in [1.54, 1.807) is 0 Å². The first kappa shape index (κ1) is 10.3. The number of hydrogen-bond donors (Lipinski definition) is 0. The van der Waals surface area contributed by atoms with Gasteiger partial charge in [-0.1, -0.05) is 26.0 Å². The van der Waals surface area contributed by atoms with E-state index in [4.69, 9.17) is 4.74 Å². The highest BCUT2D eigenvalue weighted by Gasteiger charge is 2.48. The molecule has 2 nitrogen and oxygen atoms in total. The summed E-state index contributed by atoms with van der Waals surface area (Å²) in [6.45, 7) is 11.6. The highest BCUT2D eigenvalue weighted by molar-refractivity contribution is 5.37. The summed E-state index contributed by atoms with van der Waals surface area (Å²) in [5.41, 5.74) is 1.49. The Bertz CT molecular complexity index is 218. The Labute approximate surface area is 80.0 Å². The standard InChI is InChI=1S/C11H18O2/c1-8(2)10-5-9(6-13-7-12)11(10,3)4/h7,9-10H,1,5-6H2,2-4H3/t9-,10+/m0/s1. The van der Waals surface area contributed by atoms with Gasteiger partial charge in [-0.3, -0.25) is 4.79 Å². The van der Waals surface area contributed by atoms with E-state index < -0.39 is 0 Å². The Morgan fingerprint density at radius 1 is 1.69 bits per heavy atom. The van der Waals surface area contributed by atoms with Crippen molar-refractivity contribution in [3.8, 4) is 0 Å². The molecule has 0 heterocycles. The zero-order valence-electron chi connectivity index (χ0n) is 8.67. The van der Waals surface area contributed by atoms with Gasteiger partial charge in [-0.15, -0.1) is 0 Å². The largest absolute Gasteiger partial charge is 0.468 e. The molecule has 0 aromatic heterocycles. The Morgan fingerprint density at radius 2 is 2.31 bits per heavy atom. The number of carbonyl (C=O) groups is 1. The lowest BCUT2D eigenvalue weighted by Crippen LogP contribution is -2.47. The number of rotatable bonds is 4. The third-order valence-corrected chi connectivity index (χ3v) is 3.43. The van der Waals surface area contributed by atoms with Crippen LogP contribution in [-0.4, -0.2) is 13.1 Å². The van der Waals surface area contributed by atoms with Crippen molar-refractivity contribution in [2.75, 3.05) is 6.61 Å². The average Bonchev–Trinajstić information content (AvgIpc) is 2.02. The first-order chi connectivity index (χ1) is 6.00. The van der Waals surface area contributed by atoms with Crippen LogP contribution in [0.3, 0.4) is 0 Å². The predicted octanol–water partition coefficient (Wildman–Crippen LogP) is 2.40. The molecule has 74 valence electrons. The highest BCUT2D eigenvalue weighted by Crippen LogP contribution is 2.53. The van der Waals surface area contributed by atoms with Crippen molar-refractivity contribution >= 4 is 6.47 Å². The second-order valence-electron chi connectivity index (χ2n) is 4.58. The number of allylic oxidation sites excluding steroid dienone is 1. The molecule has 1 rings (SSSR count). The third-order valence-electron chi connectivity index (χ3n) is 3.43. The van der Waals surface area contributed by atoms with Crippen molar-refractivity contribution in [3.05, 3.63) is 12.2 Å². The lowest BCUT2D eigenvalue weighted by molar-refractivity contribution is -0.135. The molecule has 0 aromatic carbocycles. The topological polar surface area (TPSA) is 26.3 Å². The summed E-state index contributed by atoms with van der Waals surface area (Å²) in [6, 6.07) is 0. The number of ether oxygens (including phenoxy) is 1. The van der Waals surface area contributed by atoms with Crippen molar-refractivity contribution in [2.24, 2.45) is 17.3 Å². The van der Waals surface area contributed by atoms with E-state index in [-0.39, 0.29) is 5.41 Å². The van der Waals surface area contributed by atoms with E-state index in [0.29, 0.717) is 24.9 Å². The van der Waals surface area contributed by atoms with E-state index in [2.05, 4.69) is 27.4 Å². The van der Waals surface area contributed by atoms with Crippen molar-refractivity contribution in [2.45, 2.75) is 27.2 Å². The van der Waals surface area contributed by atoms with Crippen LogP contribution >= 0.6 is 0 Å². The minimum Gasteiger partial charge on any atom is -0.468 e. The summed E-state index contributed by atoms with van der Waals surface area (Å²) in [4.78, 5) is 10.0. The summed E-state index contributed by atoms with van der Waals surface area (Å²) in [6.07, 6.45) is 1.11. The fourth-order valence-electron chi connectivity index (χ4n) is 2.29. The van der Waals surface area contributed by atoms with Gasteiger partial charge in [-0.05, 0) is 30.6 Å². The second-order valence-corrected chi connectivity index (χ2v) is 4.58. The zero-order chi connectivity index (χ0) is 10.1. The van der Waals surface area contributed by atoms with Crippen LogP contribution in [0.25, 0.3) is 0 Å². The smallest absolute Gasteiger partial charge is 0.293 e. The quantitative estimate of drug-likeness (QED) is 0.493. The minimum atomic E-state index is 0.245. The van der Waals surface area contributed by atoms with Crippen LogP contribution in [0.15, 0.2) is 12.2 Å². The maximum atomic E-state index is 10.0. The summed E-state index contributed by atoms with van der Waals surface area (Å²) in [5.74, 6) is 1.09. The second kappa shape index (κ2) is 3.52. The maximum absolute atomic E-state index is 10.0. The normalized spacial score (nSPS) is 30.4. The maximum Gasteiger partial charge on any atom is 0.293 e. The molecule has 0 unspecified atom stereocenters. The van der Waals surface area contributed by atoms with Gasteiger partial charge in [0.15, 0.2) is 0 Å². The van der Waals surface area contributed by atoms with Crippen molar-refractivity contribution < 1.29 is 9.53 Å². The molecule has 2 atom stereocenters. The van der Waals surface area contributed by atoms with Crippen LogP contribution in [0.1, 0.15) is 27.2 Å². The van der Waals surface area contributed by atoms with Gasteiger partial charge in [0.25, 0.3) is 6.47 Å². The molecule has 1 aliphatic carbocycles. The van der Waals surface area contributed by atoms with E-state index in [1.807, 2.05) is 0 Å². The molecule has 0 amide bonds. The Hall–Kier alpha value is -0.790. The fraction of sp³-hybridized carbons (Fsp3) is 0.727. The van der Waals surface area contributed by atoms with E-state index in [9.17, 15) is 4.79 Å². The molecular weight excluding hydrogens is 164 g/mol. The third kappa shape index (κ3) is 1.77. The number of hydrogen-bond acceptors (Lipinski definition) is 2. The molecule has 0 N–H and O–H groups in total. The molecule has 1 saturated carbocycles. The molecule has 0 aliphatic heterocycles. The molecule has 2 heteroatoms. The zero-order valence-corrected chi connectivity index (χ0v) is 8.67. The van der Waals surface area contributed by atoms with Crippen LogP contribution in [0.5, 0.6) is 0 Å². The van der Waals surface area contributed by atoms with Crippen molar-refractivity contribution in [1.29, 1.82) is 0 Å². The van der Waals surface area contributed by atoms with Gasteiger partial charge in [0.2, 0.25) is 0 Å². The van der Waals surface area contributed by atoms with Gasteiger partial charge in [0, 0.05) is 0 Å². The lowest BCUT2D eigenvalue weighted by atomic mass is 9.53. The average molecular weight is 182 g/mol. The Morgan fingerprint density at radius 3 is 2.69 bits per heavy atom. The first-order valence-electron chi connectivity index (χ1n) is 4.70. The van der Waals surface area contributed by atoms with Crippen LogP contribution in [0.2, 0.25) is 0 Å². The fourth-order valence-corrected chi connectivity index (χ4v) is 2.29. The van der Waals surface area contributed by atoms with Gasteiger partial charge in [-0.2, -0.15) is 0 Å². The molecular formula is C11H18O2. The lowest BCUT2D eigenvalue weighted by Gasteiger charge is -2.52. The van der Waals surface area contributed by atoms with Gasteiger partial charge in [0.1, 0.15) is 0 Å². The van der Waals surface area contributed by atoms with Gasteiger partial charge < -0.3 is 4.74 Å². The van der Waals surface area contributed by atoms with Gasteiger partial charge >= 0.3 is 0 Å². The molecule has 1 aliphatic rings. The van der Waals surface area contributed by atoms with Crippen LogP contribution in [0, 0.1) is 17.3 Å². The van der Waals surface area contributed by atoms with Gasteiger partial charge in [0.05, 0.1) is 6.61 Å².